The molecule has 3 atom stereocenters. The summed E-state index contributed by atoms with van der Waals surface area (Å²) in [4.78, 5) is 2.67. The van der Waals surface area contributed by atoms with E-state index in [0.29, 0.717) is 5.92 Å². The normalized spacial score (nSPS) is 41.1. The summed E-state index contributed by atoms with van der Waals surface area (Å²) in [6, 6.07) is -0.116. The molecule has 2 aliphatic rings. The van der Waals surface area contributed by atoms with E-state index < -0.39 is 0 Å². The van der Waals surface area contributed by atoms with Gasteiger partial charge in [-0.1, -0.05) is 19.3 Å². The molecule has 2 heteroatoms. The summed E-state index contributed by atoms with van der Waals surface area (Å²) in [5, 5.41) is 0. The fraction of sp³-hybridized carbons (Fsp3) is 1.00. The first kappa shape index (κ1) is 13.4. The molecule has 0 N–H and O–H groups in total. The number of hydrogen-bond acceptors (Lipinski definition) is 1. The van der Waals surface area contributed by atoms with Gasteiger partial charge in [0.05, 0.1) is 0 Å². The molecule has 2 bridgehead atoms. The van der Waals surface area contributed by atoms with Gasteiger partial charge in [0.2, 0.25) is 0 Å². The molecule has 2 rings (SSSR count). The van der Waals surface area contributed by atoms with Crippen molar-refractivity contribution in [2.75, 3.05) is 6.54 Å². The molecule has 3 unspecified atom stereocenters. The van der Waals surface area contributed by atoms with Gasteiger partial charge >= 0.3 is 0 Å². The van der Waals surface area contributed by atoms with Gasteiger partial charge in [-0.3, -0.25) is 4.90 Å². The van der Waals surface area contributed by atoms with E-state index in [4.69, 9.17) is 0 Å². The van der Waals surface area contributed by atoms with Gasteiger partial charge in [0.25, 0.3) is 0 Å². The molecule has 0 aromatic heterocycles. The lowest BCUT2D eigenvalue weighted by atomic mass is 9.68. The van der Waals surface area contributed by atoms with Crippen molar-refractivity contribution in [2.45, 2.75) is 83.3 Å². The van der Waals surface area contributed by atoms with E-state index in [1.807, 2.05) is 0 Å². The fourth-order valence-corrected chi connectivity index (χ4v) is 4.34. The minimum atomic E-state index is -0.116. The Kier molecular flexibility index (Phi) is 3.57. The molecule has 0 spiro atoms. The van der Waals surface area contributed by atoms with Gasteiger partial charge in [-0.25, -0.2) is 0 Å². The van der Waals surface area contributed by atoms with Crippen molar-refractivity contribution in [2.24, 2.45) is 5.92 Å². The van der Waals surface area contributed by atoms with Gasteiger partial charge in [-0.2, -0.15) is 0 Å². The average molecular weight is 236 g/mol. The maximum Gasteiger partial charge on any atom is 0.0496 e. The highest BCUT2D eigenvalue weighted by molar-refractivity contribution is 5.06. The zero-order chi connectivity index (χ0) is 12.7. The molecular formula is C15H28N2. The smallest absolute Gasteiger partial charge is 0.0496 e. The summed E-state index contributed by atoms with van der Waals surface area (Å²) in [6.07, 6.45) is 7.43. The molecule has 17 heavy (non-hydrogen) atoms. The van der Waals surface area contributed by atoms with Crippen LogP contribution in [0.1, 0.15) is 66.2 Å². The second-order valence-corrected chi connectivity index (χ2v) is 7.20. The summed E-state index contributed by atoms with van der Waals surface area (Å²) >= 11 is 0. The molecule has 2 aliphatic heterocycles. The van der Waals surface area contributed by atoms with E-state index in [1.165, 1.54) is 38.6 Å². The van der Waals surface area contributed by atoms with Crippen LogP contribution < -0.4 is 5.73 Å². The van der Waals surface area contributed by atoms with Crippen molar-refractivity contribution >= 4 is 0 Å². The van der Waals surface area contributed by atoms with Crippen molar-refractivity contribution < 1.29 is 0 Å². The SMILES string of the molecule is CC1(C)CC([N])C2CCCCCCN1C2(C)C. The Morgan fingerprint density at radius 3 is 2.35 bits per heavy atom. The number of nitrogens with zero attached hydrogens (tertiary/aromatic N) is 2. The molecule has 2 heterocycles. The third-order valence-corrected chi connectivity index (χ3v) is 5.15. The molecule has 2 nitrogen and oxygen atoms in total. The third-order valence-electron chi connectivity index (χ3n) is 5.15. The lowest BCUT2D eigenvalue weighted by Gasteiger charge is -2.58. The minimum Gasteiger partial charge on any atom is -0.293 e. The maximum absolute atomic E-state index is 10.5. The fourth-order valence-electron chi connectivity index (χ4n) is 4.34. The average Bonchev–Trinajstić information content (AvgIpc) is 2.22. The summed E-state index contributed by atoms with van der Waals surface area (Å²) in [7, 11) is 0. The molecular weight excluding hydrogens is 208 g/mol. The summed E-state index contributed by atoms with van der Waals surface area (Å²) in [5.41, 5.74) is 10.8. The van der Waals surface area contributed by atoms with E-state index in [0.717, 1.165) is 6.42 Å². The van der Waals surface area contributed by atoms with E-state index in [9.17, 15) is 5.73 Å². The van der Waals surface area contributed by atoms with E-state index in [2.05, 4.69) is 32.6 Å². The Morgan fingerprint density at radius 1 is 1.00 bits per heavy atom. The zero-order valence-corrected chi connectivity index (χ0v) is 12.0. The quantitative estimate of drug-likeness (QED) is 0.634. The van der Waals surface area contributed by atoms with Crippen LogP contribution in [0.15, 0.2) is 0 Å². The van der Waals surface area contributed by atoms with Crippen LogP contribution in [0, 0.1) is 5.92 Å². The topological polar surface area (TPSA) is 25.5 Å². The van der Waals surface area contributed by atoms with Crippen molar-refractivity contribution in [3.8, 4) is 0 Å². The summed E-state index contributed by atoms with van der Waals surface area (Å²) in [5.74, 6) is 0.452. The third kappa shape index (κ3) is 2.39. The highest BCUT2D eigenvalue weighted by Gasteiger charge is 2.50. The van der Waals surface area contributed by atoms with Crippen LogP contribution in [0.5, 0.6) is 0 Å². The predicted octanol–water partition coefficient (Wildman–Crippen LogP) is 3.27. The van der Waals surface area contributed by atoms with Crippen molar-refractivity contribution in [1.82, 2.24) is 10.6 Å². The lowest BCUT2D eigenvalue weighted by Crippen LogP contribution is -2.66. The largest absolute Gasteiger partial charge is 0.293 e. The number of piperidine rings is 1. The second kappa shape index (κ2) is 4.55. The molecule has 0 aliphatic carbocycles. The van der Waals surface area contributed by atoms with Crippen LogP contribution in [0.3, 0.4) is 0 Å². The van der Waals surface area contributed by atoms with Crippen LogP contribution in [-0.4, -0.2) is 28.6 Å². The Bertz CT molecular complexity index is 270. The Morgan fingerprint density at radius 2 is 1.65 bits per heavy atom. The van der Waals surface area contributed by atoms with Gasteiger partial charge < -0.3 is 0 Å². The monoisotopic (exact) mass is 236 g/mol. The van der Waals surface area contributed by atoms with Gasteiger partial charge in [-0.05, 0) is 59.4 Å². The first-order valence-electron chi connectivity index (χ1n) is 7.31. The first-order valence-corrected chi connectivity index (χ1v) is 7.31. The van der Waals surface area contributed by atoms with E-state index in [-0.39, 0.29) is 17.1 Å². The molecule has 0 aromatic carbocycles. The van der Waals surface area contributed by atoms with Crippen LogP contribution in [0.25, 0.3) is 0 Å². The van der Waals surface area contributed by atoms with Gasteiger partial charge in [-0.15, -0.1) is 5.73 Å². The minimum absolute atomic E-state index is 0.116. The van der Waals surface area contributed by atoms with Crippen LogP contribution in [0.4, 0.5) is 0 Å². The highest BCUT2D eigenvalue weighted by Crippen LogP contribution is 2.44. The van der Waals surface area contributed by atoms with Gasteiger partial charge in [0, 0.05) is 17.1 Å². The molecule has 0 aromatic rings. The molecule has 98 valence electrons. The van der Waals surface area contributed by atoms with E-state index >= 15 is 0 Å². The van der Waals surface area contributed by atoms with Crippen LogP contribution in [-0.2, 0) is 0 Å². The van der Waals surface area contributed by atoms with Gasteiger partial charge in [0.1, 0.15) is 0 Å². The van der Waals surface area contributed by atoms with Crippen molar-refractivity contribution in [3.63, 3.8) is 0 Å². The van der Waals surface area contributed by atoms with Crippen molar-refractivity contribution in [1.29, 1.82) is 0 Å². The Hall–Kier alpha value is -0.0800. The summed E-state index contributed by atoms with van der Waals surface area (Å²) in [6.45, 7) is 10.5. The number of fused-ring (bicyclic) bond motifs is 2. The van der Waals surface area contributed by atoms with Crippen molar-refractivity contribution in [3.05, 3.63) is 0 Å². The second-order valence-electron chi connectivity index (χ2n) is 7.20. The van der Waals surface area contributed by atoms with Crippen LogP contribution >= 0.6 is 0 Å². The van der Waals surface area contributed by atoms with Gasteiger partial charge in [0.15, 0.2) is 0 Å². The number of hydrogen-bond donors (Lipinski definition) is 0. The Balaban J connectivity index is 2.31. The highest BCUT2D eigenvalue weighted by atomic mass is 15.3. The summed E-state index contributed by atoms with van der Waals surface area (Å²) < 4.78 is 0. The molecule has 2 saturated heterocycles. The number of rotatable bonds is 0. The molecule has 2 radical (unpaired) electrons. The standard InChI is InChI=1S/C15H28N2/c1-14(2)11-13(16)12-9-7-5-6-8-10-17(14)15(12,3)4/h12-13H,5-11H2,1-4H3. The maximum atomic E-state index is 10.5. The Labute approximate surface area is 107 Å². The first-order chi connectivity index (χ1) is 7.86. The molecule has 0 saturated carbocycles. The molecule has 2 fully saturated rings. The lowest BCUT2D eigenvalue weighted by molar-refractivity contribution is -0.0768. The molecule has 0 amide bonds. The predicted molar refractivity (Wildman–Crippen MR) is 72.0 cm³/mol. The van der Waals surface area contributed by atoms with Crippen LogP contribution in [0.2, 0.25) is 0 Å². The zero-order valence-electron chi connectivity index (χ0n) is 12.0. The van der Waals surface area contributed by atoms with E-state index in [1.54, 1.807) is 0 Å².